The van der Waals surface area contributed by atoms with Crippen LogP contribution in [-0.2, 0) is 12.8 Å². The van der Waals surface area contributed by atoms with Gasteiger partial charge in [-0.25, -0.2) is 9.97 Å². The summed E-state index contributed by atoms with van der Waals surface area (Å²) in [7, 11) is 0. The van der Waals surface area contributed by atoms with E-state index in [-0.39, 0.29) is 0 Å². The van der Waals surface area contributed by atoms with Crippen LogP contribution in [0, 0.1) is 5.92 Å². The number of nitrogens with one attached hydrogen (secondary N) is 1. The number of anilines is 1. The van der Waals surface area contributed by atoms with Gasteiger partial charge in [0.2, 0.25) is 0 Å². The number of piperidine rings is 3. The molecule has 1 unspecified atom stereocenters. The SMILES string of the molecule is c1csc(-c2nc(NC3CN4CCC3CC4)c3c4c(sc3n2)CCC4)c1. The highest BCUT2D eigenvalue weighted by Crippen LogP contribution is 2.41. The van der Waals surface area contributed by atoms with E-state index in [9.17, 15) is 0 Å². The second-order valence-corrected chi connectivity index (χ2v) is 9.83. The zero-order valence-electron chi connectivity index (χ0n) is 14.7. The highest BCUT2D eigenvalue weighted by molar-refractivity contribution is 7.19. The molecule has 0 saturated carbocycles. The quantitative estimate of drug-likeness (QED) is 0.728. The van der Waals surface area contributed by atoms with Crippen molar-refractivity contribution in [1.82, 2.24) is 14.9 Å². The first-order valence-corrected chi connectivity index (χ1v) is 11.4. The molecule has 7 rings (SSSR count). The van der Waals surface area contributed by atoms with Gasteiger partial charge in [0, 0.05) is 17.5 Å². The fourth-order valence-electron chi connectivity index (χ4n) is 4.92. The topological polar surface area (TPSA) is 41.1 Å². The Labute approximate surface area is 161 Å². The Morgan fingerprint density at radius 2 is 2.08 bits per heavy atom. The van der Waals surface area contributed by atoms with E-state index in [4.69, 9.17) is 9.97 Å². The van der Waals surface area contributed by atoms with Gasteiger partial charge in [0.05, 0.1) is 10.3 Å². The van der Waals surface area contributed by atoms with E-state index in [1.165, 1.54) is 65.9 Å². The van der Waals surface area contributed by atoms with E-state index in [0.29, 0.717) is 6.04 Å². The van der Waals surface area contributed by atoms with E-state index in [1.54, 1.807) is 11.3 Å². The fraction of sp³-hybridized carbons (Fsp3) is 0.500. The van der Waals surface area contributed by atoms with Crippen molar-refractivity contribution in [2.75, 3.05) is 25.0 Å². The normalized spacial score (nSPS) is 27.2. The van der Waals surface area contributed by atoms with E-state index >= 15 is 0 Å². The standard InChI is InChI=1S/C20H22N4S2/c1-3-13-15(4-1)26-20-17(13)19(22-18(23-20)16-5-2-10-25-16)21-14-11-24-8-6-12(14)7-9-24/h2,5,10,12,14H,1,3-4,6-9,11H2,(H,21,22,23). The zero-order chi connectivity index (χ0) is 17.1. The van der Waals surface area contributed by atoms with Crippen molar-refractivity contribution in [3.63, 3.8) is 0 Å². The molecule has 1 N–H and O–H groups in total. The molecule has 0 radical (unpaired) electrons. The lowest BCUT2D eigenvalue weighted by Crippen LogP contribution is -2.53. The summed E-state index contributed by atoms with van der Waals surface area (Å²) in [6.07, 6.45) is 6.33. The lowest BCUT2D eigenvalue weighted by molar-refractivity contribution is 0.0974. The first kappa shape index (κ1) is 15.5. The summed E-state index contributed by atoms with van der Waals surface area (Å²) in [5.74, 6) is 2.77. The molecule has 0 spiro atoms. The minimum atomic E-state index is 0.531. The third kappa shape index (κ3) is 2.42. The highest BCUT2D eigenvalue weighted by atomic mass is 32.1. The third-order valence-electron chi connectivity index (χ3n) is 6.28. The van der Waals surface area contributed by atoms with Gasteiger partial charge in [-0.05, 0) is 68.1 Å². The maximum atomic E-state index is 5.05. The molecular formula is C20H22N4S2. The molecule has 3 aromatic rings. The number of hydrogen-bond acceptors (Lipinski definition) is 6. The second-order valence-electron chi connectivity index (χ2n) is 7.80. The van der Waals surface area contributed by atoms with Gasteiger partial charge in [0.25, 0.3) is 0 Å². The lowest BCUT2D eigenvalue weighted by Gasteiger charge is -2.45. The molecule has 1 atom stereocenters. The number of rotatable bonds is 3. The van der Waals surface area contributed by atoms with Crippen molar-refractivity contribution in [2.24, 2.45) is 5.92 Å². The molecule has 6 heterocycles. The molecule has 4 aliphatic rings. The highest BCUT2D eigenvalue weighted by Gasteiger charge is 2.35. The van der Waals surface area contributed by atoms with Gasteiger partial charge in [-0.15, -0.1) is 22.7 Å². The van der Waals surface area contributed by atoms with Gasteiger partial charge in [-0.1, -0.05) is 6.07 Å². The van der Waals surface area contributed by atoms with Crippen LogP contribution in [0.4, 0.5) is 5.82 Å². The summed E-state index contributed by atoms with van der Waals surface area (Å²) in [6, 6.07) is 4.75. The maximum Gasteiger partial charge on any atom is 0.173 e. The number of fused-ring (bicyclic) bond motifs is 6. The molecule has 6 heteroatoms. The molecule has 0 aromatic carbocycles. The summed E-state index contributed by atoms with van der Waals surface area (Å²) in [5, 5.41) is 7.32. The predicted octanol–water partition coefficient (Wildman–Crippen LogP) is 4.41. The molecule has 134 valence electrons. The van der Waals surface area contributed by atoms with Crippen molar-refractivity contribution in [3.8, 4) is 10.7 Å². The van der Waals surface area contributed by atoms with Crippen molar-refractivity contribution in [3.05, 3.63) is 28.0 Å². The van der Waals surface area contributed by atoms with Crippen LogP contribution in [0.5, 0.6) is 0 Å². The Morgan fingerprint density at radius 1 is 1.15 bits per heavy atom. The van der Waals surface area contributed by atoms with Crippen molar-refractivity contribution in [1.29, 1.82) is 0 Å². The predicted molar refractivity (Wildman–Crippen MR) is 109 cm³/mol. The van der Waals surface area contributed by atoms with Crippen LogP contribution in [0.2, 0.25) is 0 Å². The minimum absolute atomic E-state index is 0.531. The number of hydrogen-bond donors (Lipinski definition) is 1. The molecule has 1 aliphatic carbocycles. The van der Waals surface area contributed by atoms with E-state index in [2.05, 4.69) is 27.7 Å². The van der Waals surface area contributed by atoms with Crippen LogP contribution >= 0.6 is 22.7 Å². The smallest absolute Gasteiger partial charge is 0.173 e. The zero-order valence-corrected chi connectivity index (χ0v) is 16.3. The molecule has 3 fully saturated rings. The summed E-state index contributed by atoms with van der Waals surface area (Å²) >= 11 is 3.62. The van der Waals surface area contributed by atoms with Crippen molar-refractivity contribution in [2.45, 2.75) is 38.1 Å². The molecule has 26 heavy (non-hydrogen) atoms. The van der Waals surface area contributed by atoms with Gasteiger partial charge >= 0.3 is 0 Å². The Kier molecular flexibility index (Phi) is 3.59. The van der Waals surface area contributed by atoms with Crippen LogP contribution in [0.1, 0.15) is 29.7 Å². The van der Waals surface area contributed by atoms with Gasteiger partial charge in [0.15, 0.2) is 5.82 Å². The lowest BCUT2D eigenvalue weighted by atomic mass is 9.84. The number of nitrogens with zero attached hydrogens (tertiary/aromatic N) is 3. The van der Waals surface area contributed by atoms with Gasteiger partial charge in [0.1, 0.15) is 10.6 Å². The largest absolute Gasteiger partial charge is 0.365 e. The average Bonchev–Trinajstić information content (AvgIpc) is 3.39. The maximum absolute atomic E-state index is 5.05. The van der Waals surface area contributed by atoms with Crippen LogP contribution in [0.25, 0.3) is 20.9 Å². The summed E-state index contributed by atoms with van der Waals surface area (Å²) in [4.78, 5) is 16.5. The molecular weight excluding hydrogens is 360 g/mol. The Balaban J connectivity index is 1.47. The van der Waals surface area contributed by atoms with Crippen molar-refractivity contribution < 1.29 is 0 Å². The first-order valence-electron chi connectivity index (χ1n) is 9.70. The van der Waals surface area contributed by atoms with Gasteiger partial charge < -0.3 is 10.2 Å². The molecule has 3 saturated heterocycles. The van der Waals surface area contributed by atoms with Crippen LogP contribution in [0.15, 0.2) is 17.5 Å². The van der Waals surface area contributed by atoms with Gasteiger partial charge in [-0.2, -0.15) is 0 Å². The monoisotopic (exact) mass is 382 g/mol. The molecule has 3 aliphatic heterocycles. The average molecular weight is 383 g/mol. The van der Waals surface area contributed by atoms with E-state index < -0.39 is 0 Å². The summed E-state index contributed by atoms with van der Waals surface area (Å²) in [6.45, 7) is 3.71. The van der Waals surface area contributed by atoms with Crippen molar-refractivity contribution >= 4 is 38.7 Å². The fourth-order valence-corrected chi connectivity index (χ4v) is 6.84. The Hall–Kier alpha value is -1.50. The van der Waals surface area contributed by atoms with E-state index in [1.807, 2.05) is 11.3 Å². The first-order chi connectivity index (χ1) is 12.8. The third-order valence-corrected chi connectivity index (χ3v) is 8.34. The molecule has 4 nitrogen and oxygen atoms in total. The number of thiophene rings is 2. The molecule has 2 bridgehead atoms. The second kappa shape index (κ2) is 6.01. The summed E-state index contributed by atoms with van der Waals surface area (Å²) < 4.78 is 0. The summed E-state index contributed by atoms with van der Waals surface area (Å²) in [5.41, 5.74) is 1.52. The van der Waals surface area contributed by atoms with Crippen LogP contribution < -0.4 is 5.32 Å². The number of aryl methyl sites for hydroxylation is 2. The Morgan fingerprint density at radius 3 is 2.85 bits per heavy atom. The van der Waals surface area contributed by atoms with Crippen LogP contribution in [0.3, 0.4) is 0 Å². The molecule has 0 amide bonds. The van der Waals surface area contributed by atoms with Crippen LogP contribution in [-0.4, -0.2) is 40.5 Å². The molecule has 3 aromatic heterocycles. The van der Waals surface area contributed by atoms with Gasteiger partial charge in [-0.3, -0.25) is 0 Å². The van der Waals surface area contributed by atoms with E-state index in [0.717, 1.165) is 29.0 Å². The number of aromatic nitrogens is 2. The minimum Gasteiger partial charge on any atom is -0.365 e. The Bertz CT molecular complexity index is 954.